The van der Waals surface area contributed by atoms with Crippen molar-refractivity contribution in [3.63, 3.8) is 0 Å². The van der Waals surface area contributed by atoms with Crippen molar-refractivity contribution in [3.8, 4) is 34.8 Å². The number of hydrogen-bond acceptors (Lipinski definition) is 6. The van der Waals surface area contributed by atoms with Crippen LogP contribution in [-0.4, -0.2) is 12.1 Å². The van der Waals surface area contributed by atoms with Crippen LogP contribution in [-0.2, 0) is 6.61 Å². The fourth-order valence-corrected chi connectivity index (χ4v) is 3.24. The molecule has 7 nitrogen and oxygen atoms in total. The molecule has 0 spiro atoms. The highest BCUT2D eigenvalue weighted by Crippen LogP contribution is 2.41. The number of halogens is 2. The number of para-hydroxylation sites is 1. The molecule has 0 atom stereocenters. The normalized spacial score (nSPS) is 10.2. The molecule has 0 aliphatic heterocycles. The number of hydrogen-bond donors (Lipinski definition) is 2. The van der Waals surface area contributed by atoms with Crippen LogP contribution < -0.4 is 20.8 Å². The van der Waals surface area contributed by atoms with Crippen LogP contribution in [0.2, 0.25) is 10.0 Å². The zero-order valence-corrected chi connectivity index (χ0v) is 17.1. The number of nitriles is 2. The molecule has 0 unspecified atom stereocenters. The molecule has 2 aromatic carbocycles. The van der Waals surface area contributed by atoms with E-state index in [-0.39, 0.29) is 34.9 Å². The van der Waals surface area contributed by atoms with Crippen LogP contribution in [0.15, 0.2) is 41.2 Å². The van der Waals surface area contributed by atoms with Gasteiger partial charge in [0.25, 0.3) is 5.56 Å². The number of nitrogens with one attached hydrogen (secondary N) is 1. The molecule has 0 saturated carbocycles. The van der Waals surface area contributed by atoms with E-state index in [0.29, 0.717) is 21.4 Å². The average molecular weight is 441 g/mol. The Morgan fingerprint density at radius 3 is 2.47 bits per heavy atom. The SMILES string of the molecule is COc1cccc(-c2c(C#N)c(N)[nH]c(=O)c2C#N)c1OCc1ccc(Cl)c(Cl)c1. The van der Waals surface area contributed by atoms with Gasteiger partial charge in [0.15, 0.2) is 11.5 Å². The molecule has 3 rings (SSSR count). The molecule has 1 heterocycles. The third-order valence-electron chi connectivity index (χ3n) is 4.30. The van der Waals surface area contributed by atoms with E-state index < -0.39 is 5.56 Å². The summed E-state index contributed by atoms with van der Waals surface area (Å²) in [5.41, 5.74) is 5.94. The number of nitrogen functional groups attached to an aromatic ring is 1. The zero-order valence-electron chi connectivity index (χ0n) is 15.6. The minimum absolute atomic E-state index is 0.0428. The Hall–Kier alpha value is -3.65. The van der Waals surface area contributed by atoms with Crippen molar-refractivity contribution in [2.45, 2.75) is 6.61 Å². The quantitative estimate of drug-likeness (QED) is 0.610. The number of rotatable bonds is 5. The maximum atomic E-state index is 12.3. The van der Waals surface area contributed by atoms with Crippen molar-refractivity contribution in [1.82, 2.24) is 4.98 Å². The Labute approximate surface area is 181 Å². The van der Waals surface area contributed by atoms with Gasteiger partial charge in [-0.1, -0.05) is 41.4 Å². The lowest BCUT2D eigenvalue weighted by molar-refractivity contribution is 0.286. The maximum absolute atomic E-state index is 12.3. The first-order valence-electron chi connectivity index (χ1n) is 8.51. The van der Waals surface area contributed by atoms with E-state index in [2.05, 4.69) is 4.98 Å². The molecule has 0 aliphatic rings. The van der Waals surface area contributed by atoms with E-state index in [1.54, 1.807) is 36.4 Å². The van der Waals surface area contributed by atoms with Crippen LogP contribution >= 0.6 is 23.2 Å². The van der Waals surface area contributed by atoms with E-state index in [9.17, 15) is 15.3 Å². The van der Waals surface area contributed by atoms with Gasteiger partial charge in [-0.05, 0) is 23.8 Å². The van der Waals surface area contributed by atoms with Gasteiger partial charge in [0.2, 0.25) is 0 Å². The van der Waals surface area contributed by atoms with Gasteiger partial charge < -0.3 is 20.2 Å². The lowest BCUT2D eigenvalue weighted by atomic mass is 9.95. The van der Waals surface area contributed by atoms with Gasteiger partial charge in [-0.25, -0.2) is 0 Å². The highest BCUT2D eigenvalue weighted by atomic mass is 35.5. The number of anilines is 1. The number of aromatic nitrogens is 1. The third kappa shape index (κ3) is 3.90. The number of H-pyrrole nitrogens is 1. The van der Waals surface area contributed by atoms with Crippen molar-refractivity contribution in [1.29, 1.82) is 10.5 Å². The molecule has 0 fully saturated rings. The van der Waals surface area contributed by atoms with Gasteiger partial charge in [-0.3, -0.25) is 4.79 Å². The van der Waals surface area contributed by atoms with Gasteiger partial charge in [0.05, 0.1) is 17.2 Å². The van der Waals surface area contributed by atoms with Crippen molar-refractivity contribution < 1.29 is 9.47 Å². The first-order valence-corrected chi connectivity index (χ1v) is 9.26. The van der Waals surface area contributed by atoms with Gasteiger partial charge in [-0.15, -0.1) is 0 Å². The standard InChI is InChI=1S/C21H14Cl2N4O3/c1-29-17-4-2-3-12(18-13(8-24)20(26)27-21(28)14(18)9-25)19(17)30-10-11-5-6-15(22)16(23)7-11/h2-7H,10H2,1H3,(H3,26,27,28). The highest BCUT2D eigenvalue weighted by Gasteiger charge is 2.23. The summed E-state index contributed by atoms with van der Waals surface area (Å²) in [5, 5.41) is 19.9. The van der Waals surface area contributed by atoms with E-state index in [1.807, 2.05) is 12.1 Å². The minimum atomic E-state index is -0.706. The molecule has 0 amide bonds. The third-order valence-corrected chi connectivity index (χ3v) is 5.04. The summed E-state index contributed by atoms with van der Waals surface area (Å²) < 4.78 is 11.4. The van der Waals surface area contributed by atoms with Crippen LogP contribution in [0.5, 0.6) is 11.5 Å². The average Bonchev–Trinajstić information content (AvgIpc) is 2.73. The molecular weight excluding hydrogens is 427 g/mol. The molecule has 0 saturated heterocycles. The Balaban J connectivity index is 2.19. The Bertz CT molecular complexity index is 1270. The largest absolute Gasteiger partial charge is 0.493 e. The minimum Gasteiger partial charge on any atom is -0.493 e. The monoisotopic (exact) mass is 440 g/mol. The van der Waals surface area contributed by atoms with Crippen LogP contribution in [0.3, 0.4) is 0 Å². The van der Waals surface area contributed by atoms with E-state index in [0.717, 1.165) is 5.56 Å². The summed E-state index contributed by atoms with van der Waals surface area (Å²) in [5.74, 6) is 0.443. The number of methoxy groups -OCH3 is 1. The van der Waals surface area contributed by atoms with E-state index in [1.165, 1.54) is 7.11 Å². The fourth-order valence-electron chi connectivity index (χ4n) is 2.92. The van der Waals surface area contributed by atoms with Crippen LogP contribution in [0.4, 0.5) is 5.82 Å². The summed E-state index contributed by atoms with van der Waals surface area (Å²) in [7, 11) is 1.45. The van der Waals surface area contributed by atoms with E-state index >= 15 is 0 Å². The van der Waals surface area contributed by atoms with Gasteiger partial charge in [0, 0.05) is 11.1 Å². The van der Waals surface area contributed by atoms with Crippen LogP contribution in [0.25, 0.3) is 11.1 Å². The lowest BCUT2D eigenvalue weighted by Gasteiger charge is -2.17. The highest BCUT2D eigenvalue weighted by molar-refractivity contribution is 6.42. The van der Waals surface area contributed by atoms with Crippen LogP contribution in [0.1, 0.15) is 16.7 Å². The molecule has 1 aromatic heterocycles. The fraction of sp³-hybridized carbons (Fsp3) is 0.0952. The predicted octanol–water partition coefficient (Wildman–Crippen LogP) is 4.26. The summed E-state index contributed by atoms with van der Waals surface area (Å²) in [4.78, 5) is 14.6. The predicted molar refractivity (Wildman–Crippen MR) is 114 cm³/mol. The first kappa shape index (κ1) is 21.1. The number of nitrogens with zero attached hydrogens (tertiary/aromatic N) is 2. The summed E-state index contributed by atoms with van der Waals surface area (Å²) >= 11 is 12.0. The van der Waals surface area contributed by atoms with Crippen LogP contribution in [0, 0.1) is 22.7 Å². The topological polar surface area (TPSA) is 125 Å². The first-order chi connectivity index (χ1) is 14.4. The summed E-state index contributed by atoms with van der Waals surface area (Å²) in [6.45, 7) is 0.0900. The van der Waals surface area contributed by atoms with E-state index in [4.69, 9.17) is 38.4 Å². The number of aromatic amines is 1. The molecule has 0 aliphatic carbocycles. The second-order valence-corrected chi connectivity index (χ2v) is 6.90. The smallest absolute Gasteiger partial charge is 0.268 e. The lowest BCUT2D eigenvalue weighted by Crippen LogP contribution is -2.16. The van der Waals surface area contributed by atoms with Crippen molar-refractivity contribution >= 4 is 29.0 Å². The molecule has 150 valence electrons. The molecular formula is C21H14Cl2N4O3. The molecule has 0 bridgehead atoms. The number of nitrogens with two attached hydrogens (primary N) is 1. The molecule has 3 N–H and O–H groups in total. The number of benzene rings is 2. The molecule has 3 aromatic rings. The molecule has 0 radical (unpaired) electrons. The second-order valence-electron chi connectivity index (χ2n) is 6.09. The molecule has 30 heavy (non-hydrogen) atoms. The summed E-state index contributed by atoms with van der Waals surface area (Å²) in [6, 6.07) is 13.7. The van der Waals surface area contributed by atoms with Crippen molar-refractivity contribution in [2.24, 2.45) is 0 Å². The molecule has 9 heteroatoms. The Morgan fingerprint density at radius 1 is 1.10 bits per heavy atom. The zero-order chi connectivity index (χ0) is 21.8. The Morgan fingerprint density at radius 2 is 1.83 bits per heavy atom. The number of ether oxygens (including phenoxy) is 2. The van der Waals surface area contributed by atoms with Gasteiger partial charge >= 0.3 is 0 Å². The van der Waals surface area contributed by atoms with Crippen molar-refractivity contribution in [3.05, 3.63) is 73.5 Å². The Kier molecular flexibility index (Phi) is 6.17. The number of pyridine rings is 1. The maximum Gasteiger partial charge on any atom is 0.268 e. The second kappa shape index (κ2) is 8.79. The van der Waals surface area contributed by atoms with Gasteiger partial charge in [0.1, 0.15) is 35.7 Å². The van der Waals surface area contributed by atoms with Crippen molar-refractivity contribution in [2.75, 3.05) is 12.8 Å². The van der Waals surface area contributed by atoms with Gasteiger partial charge in [-0.2, -0.15) is 10.5 Å². The summed E-state index contributed by atoms with van der Waals surface area (Å²) in [6.07, 6.45) is 0.